The Morgan fingerprint density at radius 3 is 2.73 bits per heavy atom. The Bertz CT molecular complexity index is 712. The van der Waals surface area contributed by atoms with Crippen LogP contribution in [0.3, 0.4) is 0 Å². The van der Waals surface area contributed by atoms with Gasteiger partial charge in [0.15, 0.2) is 0 Å². The summed E-state index contributed by atoms with van der Waals surface area (Å²) in [6, 6.07) is 10.6. The fourth-order valence-corrected chi connectivity index (χ4v) is 4.41. The van der Waals surface area contributed by atoms with E-state index in [2.05, 4.69) is 40.2 Å². The molecule has 0 N–H and O–H groups in total. The Kier molecular flexibility index (Phi) is 5.33. The summed E-state index contributed by atoms with van der Waals surface area (Å²) in [4.78, 5) is 21.0. The van der Waals surface area contributed by atoms with Crippen LogP contribution < -0.4 is 0 Å². The van der Waals surface area contributed by atoms with Crippen LogP contribution in [0.15, 0.2) is 41.2 Å². The second-order valence-electron chi connectivity index (χ2n) is 7.28. The van der Waals surface area contributed by atoms with Crippen molar-refractivity contribution in [2.24, 2.45) is 0 Å². The van der Waals surface area contributed by atoms with E-state index in [0.717, 1.165) is 44.6 Å². The van der Waals surface area contributed by atoms with E-state index in [4.69, 9.17) is 4.74 Å². The van der Waals surface area contributed by atoms with E-state index in [9.17, 15) is 4.79 Å². The molecule has 1 aromatic heterocycles. The minimum absolute atomic E-state index is 0.0788. The van der Waals surface area contributed by atoms with Gasteiger partial charge >= 0.3 is 0 Å². The summed E-state index contributed by atoms with van der Waals surface area (Å²) in [5.74, 6) is 0.0788. The van der Waals surface area contributed by atoms with Crippen LogP contribution in [0.5, 0.6) is 0 Å². The molecule has 2 aromatic rings. The number of hydrogen-bond acceptors (Lipinski definition) is 5. The molecule has 6 heteroatoms. The minimum Gasteiger partial charge on any atom is -0.363 e. The largest absolute Gasteiger partial charge is 0.363 e. The number of benzene rings is 1. The molecule has 0 unspecified atom stereocenters. The maximum absolute atomic E-state index is 12.2. The lowest BCUT2D eigenvalue weighted by atomic mass is 9.89. The van der Waals surface area contributed by atoms with Crippen LogP contribution in [0.25, 0.3) is 0 Å². The molecule has 0 aliphatic carbocycles. The van der Waals surface area contributed by atoms with Crippen LogP contribution in [0.4, 0.5) is 0 Å². The molecule has 5 nitrogen and oxygen atoms in total. The topological polar surface area (TPSA) is 45.7 Å². The van der Waals surface area contributed by atoms with Crippen molar-refractivity contribution < 1.29 is 9.53 Å². The van der Waals surface area contributed by atoms with Crippen LogP contribution in [0.2, 0.25) is 0 Å². The first kappa shape index (κ1) is 17.6. The monoisotopic (exact) mass is 371 g/mol. The molecule has 0 bridgehead atoms. The summed E-state index contributed by atoms with van der Waals surface area (Å²) in [7, 11) is 0. The highest BCUT2D eigenvalue weighted by molar-refractivity contribution is 7.07. The fourth-order valence-electron chi connectivity index (χ4n) is 3.86. The summed E-state index contributed by atoms with van der Waals surface area (Å²) in [5, 5.41) is 2.02. The van der Waals surface area contributed by atoms with Crippen molar-refractivity contribution >= 4 is 17.2 Å². The SMILES string of the molecule is O=C1COC2(CCN(CCc3ccccc3)CC2)CN1Cc1cscn1. The number of likely N-dealkylation sites (tertiary alicyclic amines) is 1. The number of thiazole rings is 1. The predicted octanol–water partition coefficient (Wildman–Crippen LogP) is 2.58. The van der Waals surface area contributed by atoms with Gasteiger partial charge < -0.3 is 14.5 Å². The molecule has 1 spiro atoms. The zero-order valence-electron chi connectivity index (χ0n) is 15.0. The number of morpholine rings is 1. The maximum atomic E-state index is 12.2. The first-order valence-corrected chi connectivity index (χ1v) is 10.2. The van der Waals surface area contributed by atoms with Gasteiger partial charge in [-0.05, 0) is 24.8 Å². The lowest BCUT2D eigenvalue weighted by Gasteiger charge is -2.47. The fraction of sp³-hybridized carbons (Fsp3) is 0.500. The highest BCUT2D eigenvalue weighted by Gasteiger charge is 2.42. The molecule has 3 heterocycles. The molecule has 0 atom stereocenters. The van der Waals surface area contributed by atoms with E-state index in [1.807, 2.05) is 15.8 Å². The number of amides is 1. The molecule has 1 aromatic carbocycles. The van der Waals surface area contributed by atoms with Gasteiger partial charge in [0, 0.05) is 25.0 Å². The summed E-state index contributed by atoms with van der Waals surface area (Å²) in [6.07, 6.45) is 3.06. The van der Waals surface area contributed by atoms with Crippen LogP contribution in [-0.2, 0) is 22.5 Å². The van der Waals surface area contributed by atoms with Gasteiger partial charge in [0.25, 0.3) is 0 Å². The Labute approximate surface area is 158 Å². The second kappa shape index (κ2) is 7.86. The first-order valence-electron chi connectivity index (χ1n) is 9.28. The van der Waals surface area contributed by atoms with E-state index in [1.165, 1.54) is 5.56 Å². The molecule has 0 radical (unpaired) electrons. The van der Waals surface area contributed by atoms with Gasteiger partial charge in [0.05, 0.1) is 29.9 Å². The molecule has 0 saturated carbocycles. The van der Waals surface area contributed by atoms with Crippen LogP contribution in [0.1, 0.15) is 24.1 Å². The number of rotatable bonds is 5. The van der Waals surface area contributed by atoms with Gasteiger partial charge in [-0.1, -0.05) is 30.3 Å². The maximum Gasteiger partial charge on any atom is 0.249 e. The number of aromatic nitrogens is 1. The standard InChI is InChI=1S/C20H25N3O2S/c24-19-13-25-20(15-23(19)12-18-14-26-16-21-18)7-10-22(11-8-20)9-6-17-4-2-1-3-5-17/h1-5,14,16H,6-13,15H2. The molecule has 2 aliphatic heterocycles. The molecule has 2 saturated heterocycles. The van der Waals surface area contributed by atoms with Crippen molar-refractivity contribution in [3.63, 3.8) is 0 Å². The van der Waals surface area contributed by atoms with Gasteiger partial charge in [-0.15, -0.1) is 11.3 Å². The Balaban J connectivity index is 1.30. The average molecular weight is 372 g/mol. The van der Waals surface area contributed by atoms with Gasteiger partial charge in [-0.25, -0.2) is 4.98 Å². The number of hydrogen-bond donors (Lipinski definition) is 0. The van der Waals surface area contributed by atoms with Crippen molar-refractivity contribution in [1.82, 2.24) is 14.8 Å². The van der Waals surface area contributed by atoms with E-state index in [-0.39, 0.29) is 18.1 Å². The summed E-state index contributed by atoms with van der Waals surface area (Å²) in [6.45, 7) is 4.65. The third-order valence-electron chi connectivity index (χ3n) is 5.50. The summed E-state index contributed by atoms with van der Waals surface area (Å²) in [5.41, 5.74) is 4.01. The number of carbonyl (C=O) groups is 1. The zero-order chi connectivity index (χ0) is 17.8. The lowest BCUT2D eigenvalue weighted by molar-refractivity contribution is -0.172. The first-order chi connectivity index (χ1) is 12.7. The molecule has 2 aliphatic rings. The molecule has 1 amide bonds. The van der Waals surface area contributed by atoms with Crippen molar-refractivity contribution in [2.75, 3.05) is 32.8 Å². The number of ether oxygens (including phenoxy) is 1. The summed E-state index contributed by atoms with van der Waals surface area (Å²) < 4.78 is 6.04. The van der Waals surface area contributed by atoms with Crippen molar-refractivity contribution in [3.8, 4) is 0 Å². The van der Waals surface area contributed by atoms with Gasteiger partial charge in [-0.3, -0.25) is 4.79 Å². The van der Waals surface area contributed by atoms with Crippen molar-refractivity contribution in [1.29, 1.82) is 0 Å². The van der Waals surface area contributed by atoms with Crippen molar-refractivity contribution in [3.05, 3.63) is 52.5 Å². The molecular formula is C20H25N3O2S. The number of nitrogens with zero attached hydrogens (tertiary/aromatic N) is 3. The third-order valence-corrected chi connectivity index (χ3v) is 6.13. The van der Waals surface area contributed by atoms with Gasteiger partial charge in [0.2, 0.25) is 5.91 Å². The number of carbonyl (C=O) groups excluding carboxylic acids is 1. The molecule has 26 heavy (non-hydrogen) atoms. The molecule has 138 valence electrons. The predicted molar refractivity (Wildman–Crippen MR) is 102 cm³/mol. The van der Waals surface area contributed by atoms with Crippen LogP contribution in [0, 0.1) is 0 Å². The van der Waals surface area contributed by atoms with E-state index >= 15 is 0 Å². The lowest BCUT2D eigenvalue weighted by Crippen LogP contribution is -2.58. The van der Waals surface area contributed by atoms with Crippen LogP contribution in [-0.4, -0.2) is 59.1 Å². The van der Waals surface area contributed by atoms with Gasteiger partial charge in [-0.2, -0.15) is 0 Å². The normalized spacial score (nSPS) is 20.6. The molecule has 2 fully saturated rings. The molecular weight excluding hydrogens is 346 g/mol. The van der Waals surface area contributed by atoms with E-state index in [1.54, 1.807) is 11.3 Å². The van der Waals surface area contributed by atoms with E-state index < -0.39 is 0 Å². The smallest absolute Gasteiger partial charge is 0.249 e. The van der Waals surface area contributed by atoms with Crippen LogP contribution >= 0.6 is 11.3 Å². The van der Waals surface area contributed by atoms with E-state index in [0.29, 0.717) is 13.1 Å². The van der Waals surface area contributed by atoms with Crippen molar-refractivity contribution in [2.45, 2.75) is 31.4 Å². The second-order valence-corrected chi connectivity index (χ2v) is 8.00. The highest BCUT2D eigenvalue weighted by atomic mass is 32.1. The summed E-state index contributed by atoms with van der Waals surface area (Å²) >= 11 is 1.57. The Morgan fingerprint density at radius 2 is 2.00 bits per heavy atom. The number of piperidine rings is 1. The Morgan fingerprint density at radius 1 is 1.19 bits per heavy atom. The third kappa shape index (κ3) is 4.14. The minimum atomic E-state index is -0.173. The van der Waals surface area contributed by atoms with Gasteiger partial charge in [0.1, 0.15) is 6.61 Å². The quantitative estimate of drug-likeness (QED) is 0.810. The highest BCUT2D eigenvalue weighted by Crippen LogP contribution is 2.31. The Hall–Kier alpha value is -1.76. The molecule has 4 rings (SSSR count). The average Bonchev–Trinajstić information content (AvgIpc) is 3.19. The zero-order valence-corrected chi connectivity index (χ0v) is 15.8.